The molecule has 2 N–H and O–H groups in total. The lowest BCUT2D eigenvalue weighted by atomic mass is 9.65. The Morgan fingerprint density at radius 1 is 0.688 bits per heavy atom. The number of hydrogen-bond acceptors (Lipinski definition) is 8. The van der Waals surface area contributed by atoms with E-state index in [4.69, 9.17) is 24.7 Å². The van der Waals surface area contributed by atoms with Gasteiger partial charge in [0.2, 0.25) is 0 Å². The first-order valence-corrected chi connectivity index (χ1v) is 21.0. The summed E-state index contributed by atoms with van der Waals surface area (Å²) in [7, 11) is 0. The molecule has 7 aliphatic rings. The number of nitrogens with zero attached hydrogens (tertiary/aromatic N) is 3. The Labute approximate surface area is 303 Å². The summed E-state index contributed by atoms with van der Waals surface area (Å²) in [5.74, 6) is 1.80. The standard InChI is InChI=1S/C19H34N2O2.C15H28N2O.C5H11BrO/c1-18(2)16-3-4-19(18,5-6-20-7-11-22-12-8-20)17(15-16)21-9-13-23-14-10-21;1-14(2)12-3-4-15(14,13(16)11-12)5-6-17-7-9-18-10-8-17;1-2-4-7-5-3-6/h16-17H,3-15H2,1-2H3;12-13H,3-11,16H2,1-2H3;2-5H2,1H3. The summed E-state index contributed by atoms with van der Waals surface area (Å²) in [4.78, 5) is 7.98. The summed E-state index contributed by atoms with van der Waals surface area (Å²) in [6.45, 7) is 28.7. The lowest BCUT2D eigenvalue weighted by molar-refractivity contribution is -0.0444. The van der Waals surface area contributed by atoms with E-state index in [-0.39, 0.29) is 0 Å². The minimum absolute atomic E-state index is 0.413. The fraction of sp³-hybridized carbons (Fsp3) is 1.00. The van der Waals surface area contributed by atoms with Crippen molar-refractivity contribution in [3.8, 4) is 0 Å². The number of rotatable bonds is 11. The molecule has 0 amide bonds. The molecule has 0 radical (unpaired) electrons. The summed E-state index contributed by atoms with van der Waals surface area (Å²) < 4.78 is 21.7. The van der Waals surface area contributed by atoms with Gasteiger partial charge in [-0.2, -0.15) is 0 Å². The molecular formula is C39H73BrN4O4. The highest BCUT2D eigenvalue weighted by molar-refractivity contribution is 9.09. The van der Waals surface area contributed by atoms with Crippen molar-refractivity contribution in [2.24, 2.45) is 39.2 Å². The van der Waals surface area contributed by atoms with Gasteiger partial charge in [0.05, 0.1) is 46.2 Å². The predicted molar refractivity (Wildman–Crippen MR) is 200 cm³/mol. The Morgan fingerprint density at radius 3 is 1.62 bits per heavy atom. The molecule has 7 rings (SSSR count). The largest absolute Gasteiger partial charge is 0.381 e. The van der Waals surface area contributed by atoms with Crippen LogP contribution in [0.25, 0.3) is 0 Å². The minimum atomic E-state index is 0.413. The second-order valence-electron chi connectivity index (χ2n) is 17.2. The number of fused-ring (bicyclic) bond motifs is 4. The molecule has 4 bridgehead atoms. The maximum atomic E-state index is 6.50. The van der Waals surface area contributed by atoms with Crippen molar-refractivity contribution < 1.29 is 18.9 Å². The fourth-order valence-corrected chi connectivity index (χ4v) is 11.7. The molecule has 6 unspecified atom stereocenters. The maximum absolute atomic E-state index is 6.50. The van der Waals surface area contributed by atoms with Gasteiger partial charge in [0.25, 0.3) is 0 Å². The first-order chi connectivity index (χ1) is 23.1. The zero-order valence-electron chi connectivity index (χ0n) is 31.6. The van der Waals surface area contributed by atoms with E-state index in [1.54, 1.807) is 0 Å². The molecule has 4 saturated carbocycles. The second kappa shape index (κ2) is 17.8. The topological polar surface area (TPSA) is 72.7 Å². The Kier molecular flexibility index (Phi) is 14.6. The first kappa shape index (κ1) is 39.4. The number of morpholine rings is 3. The molecule has 0 aromatic carbocycles. The SMILES string of the molecule is CC1(C)C2CCC1(CCN1CCOCC1)C(N)C2.CC1(C)C2CCC1(CCN1CCOCC1)C(N1CCOCC1)C2.CCCOCCBr. The van der Waals surface area contributed by atoms with Gasteiger partial charge in [-0.05, 0) is 104 Å². The third-order valence-corrected chi connectivity index (χ3v) is 15.2. The van der Waals surface area contributed by atoms with Gasteiger partial charge in [-0.3, -0.25) is 14.7 Å². The lowest BCUT2D eigenvalue weighted by Gasteiger charge is -2.49. The highest BCUT2D eigenvalue weighted by Crippen LogP contribution is 2.68. The molecular weight excluding hydrogens is 668 g/mol. The molecule has 0 spiro atoms. The van der Waals surface area contributed by atoms with Crippen LogP contribution in [-0.2, 0) is 18.9 Å². The number of hydrogen-bond donors (Lipinski definition) is 1. The van der Waals surface area contributed by atoms with E-state index in [1.165, 1.54) is 64.5 Å². The second-order valence-corrected chi connectivity index (χ2v) is 18.0. The van der Waals surface area contributed by atoms with Gasteiger partial charge in [0.1, 0.15) is 0 Å². The van der Waals surface area contributed by atoms with Crippen LogP contribution in [-0.4, -0.2) is 137 Å². The number of ether oxygens (including phenoxy) is 4. The quantitative estimate of drug-likeness (QED) is 0.207. The average Bonchev–Trinajstić information content (AvgIpc) is 3.67. The van der Waals surface area contributed by atoms with Gasteiger partial charge >= 0.3 is 0 Å². The number of alkyl halides is 1. The smallest absolute Gasteiger partial charge is 0.0594 e. The summed E-state index contributed by atoms with van der Waals surface area (Å²) in [5, 5.41) is 0.951. The zero-order chi connectivity index (χ0) is 34.3. The van der Waals surface area contributed by atoms with Crippen molar-refractivity contribution in [2.45, 2.75) is 104 Å². The molecule has 3 aliphatic heterocycles. The van der Waals surface area contributed by atoms with Crippen molar-refractivity contribution in [2.75, 3.05) is 111 Å². The third-order valence-electron chi connectivity index (χ3n) is 14.9. The summed E-state index contributed by atoms with van der Waals surface area (Å²) >= 11 is 3.25. The fourth-order valence-electron chi connectivity index (χ4n) is 11.5. The summed E-state index contributed by atoms with van der Waals surface area (Å²) in [5.41, 5.74) is 8.40. The predicted octanol–water partition coefficient (Wildman–Crippen LogP) is 5.91. The van der Waals surface area contributed by atoms with Crippen LogP contribution in [0.1, 0.15) is 92.4 Å². The van der Waals surface area contributed by atoms with Crippen molar-refractivity contribution in [3.63, 3.8) is 0 Å². The van der Waals surface area contributed by atoms with Gasteiger partial charge in [-0.15, -0.1) is 0 Å². The van der Waals surface area contributed by atoms with E-state index in [0.717, 1.165) is 122 Å². The average molecular weight is 742 g/mol. The van der Waals surface area contributed by atoms with Crippen molar-refractivity contribution in [1.29, 1.82) is 0 Å². The molecule has 8 nitrogen and oxygen atoms in total. The first-order valence-electron chi connectivity index (χ1n) is 19.9. The lowest BCUT2D eigenvalue weighted by Crippen LogP contribution is -2.53. The summed E-state index contributed by atoms with van der Waals surface area (Å²) in [6.07, 6.45) is 12.1. The molecule has 0 aromatic heterocycles. The Balaban J connectivity index is 0.000000161. The molecule has 9 heteroatoms. The Hall–Kier alpha value is 0.160. The van der Waals surface area contributed by atoms with E-state index in [2.05, 4.69) is 65.2 Å². The van der Waals surface area contributed by atoms with Crippen LogP contribution >= 0.6 is 15.9 Å². The summed E-state index contributed by atoms with van der Waals surface area (Å²) in [6, 6.07) is 1.23. The molecule has 3 saturated heterocycles. The molecule has 6 atom stereocenters. The van der Waals surface area contributed by atoms with Crippen molar-refractivity contribution in [1.82, 2.24) is 14.7 Å². The number of nitrogens with two attached hydrogens (primary N) is 1. The third kappa shape index (κ3) is 8.35. The van der Waals surface area contributed by atoms with E-state index in [0.29, 0.717) is 27.7 Å². The molecule has 3 heterocycles. The van der Waals surface area contributed by atoms with Gasteiger partial charge in [0, 0.05) is 63.3 Å². The molecule has 7 fully saturated rings. The molecule has 48 heavy (non-hydrogen) atoms. The van der Waals surface area contributed by atoms with Gasteiger partial charge < -0.3 is 24.7 Å². The normalized spacial score (nSPS) is 37.6. The van der Waals surface area contributed by atoms with Crippen LogP contribution in [0.2, 0.25) is 0 Å². The van der Waals surface area contributed by atoms with Crippen molar-refractivity contribution >= 4 is 15.9 Å². The molecule has 4 aliphatic carbocycles. The van der Waals surface area contributed by atoms with E-state index < -0.39 is 0 Å². The van der Waals surface area contributed by atoms with Gasteiger partial charge in [-0.25, -0.2) is 0 Å². The van der Waals surface area contributed by atoms with Crippen LogP contribution in [0, 0.1) is 33.5 Å². The van der Waals surface area contributed by atoms with E-state index in [9.17, 15) is 0 Å². The van der Waals surface area contributed by atoms with Crippen LogP contribution in [0.3, 0.4) is 0 Å². The van der Waals surface area contributed by atoms with Crippen LogP contribution < -0.4 is 5.73 Å². The van der Waals surface area contributed by atoms with Gasteiger partial charge in [-0.1, -0.05) is 50.5 Å². The molecule has 0 aromatic rings. The van der Waals surface area contributed by atoms with E-state index in [1.807, 2.05) is 0 Å². The monoisotopic (exact) mass is 740 g/mol. The Bertz CT molecular complexity index is 950. The zero-order valence-corrected chi connectivity index (χ0v) is 33.2. The highest BCUT2D eigenvalue weighted by atomic mass is 79.9. The Morgan fingerprint density at radius 2 is 1.17 bits per heavy atom. The van der Waals surface area contributed by atoms with Crippen molar-refractivity contribution in [3.05, 3.63) is 0 Å². The van der Waals surface area contributed by atoms with Crippen LogP contribution in [0.5, 0.6) is 0 Å². The van der Waals surface area contributed by atoms with E-state index >= 15 is 0 Å². The van der Waals surface area contributed by atoms with Crippen LogP contribution in [0.15, 0.2) is 0 Å². The minimum Gasteiger partial charge on any atom is -0.381 e. The van der Waals surface area contributed by atoms with Gasteiger partial charge in [0.15, 0.2) is 0 Å². The highest BCUT2D eigenvalue weighted by Gasteiger charge is 2.65. The maximum Gasteiger partial charge on any atom is 0.0594 e. The number of halogens is 1. The molecule has 280 valence electrons. The van der Waals surface area contributed by atoms with Crippen LogP contribution in [0.4, 0.5) is 0 Å².